The Morgan fingerprint density at radius 2 is 1.76 bits per heavy atom. The molecule has 0 radical (unpaired) electrons. The van der Waals surface area contributed by atoms with Crippen molar-refractivity contribution in [2.45, 2.75) is 77.7 Å². The van der Waals surface area contributed by atoms with Crippen molar-refractivity contribution in [3.8, 4) is 0 Å². The van der Waals surface area contributed by atoms with E-state index in [4.69, 9.17) is 18.9 Å². The molecule has 2 heterocycles. The Morgan fingerprint density at radius 3 is 2.27 bits per heavy atom. The largest absolute Gasteiger partial charge is 0.456 e. The minimum absolute atomic E-state index is 0.165. The number of H-pyrrole nitrogens is 1. The van der Waals surface area contributed by atoms with Gasteiger partial charge in [0.2, 0.25) is 0 Å². The fraction of sp³-hybridized carbons (Fsp3) is 0.650. The summed E-state index contributed by atoms with van der Waals surface area (Å²) in [6, 6.07) is -1.17. The number of aryl methyl sites for hydroxylation is 1. The normalized spacial score (nSPS) is 23.5. The van der Waals surface area contributed by atoms with Crippen LogP contribution in [0, 0.1) is 6.92 Å². The van der Waals surface area contributed by atoms with Gasteiger partial charge in [0.1, 0.15) is 11.7 Å². The number of aliphatic hydroxyl groups excluding tert-OH is 1. The highest BCUT2D eigenvalue weighted by Crippen LogP contribution is 2.35. The van der Waals surface area contributed by atoms with Gasteiger partial charge < -0.3 is 29.4 Å². The minimum Gasteiger partial charge on any atom is -0.456 e. The summed E-state index contributed by atoms with van der Waals surface area (Å²) < 4.78 is 22.7. The van der Waals surface area contributed by atoms with Crippen molar-refractivity contribution in [1.29, 1.82) is 0 Å². The average Bonchev–Trinajstić information content (AvgIpc) is 2.98. The number of hydrogen-bond donors (Lipinski definition) is 3. The van der Waals surface area contributed by atoms with Gasteiger partial charge in [0.05, 0.1) is 12.6 Å². The van der Waals surface area contributed by atoms with Crippen molar-refractivity contribution in [1.82, 2.24) is 14.9 Å². The summed E-state index contributed by atoms with van der Waals surface area (Å²) >= 11 is 0. The zero-order chi connectivity index (χ0) is 25.1. The highest BCUT2D eigenvalue weighted by molar-refractivity contribution is 5.69. The third-order valence-corrected chi connectivity index (χ3v) is 4.54. The minimum atomic E-state index is -1.35. The van der Waals surface area contributed by atoms with Crippen molar-refractivity contribution in [3.63, 3.8) is 0 Å². The molecule has 13 heteroatoms. The summed E-state index contributed by atoms with van der Waals surface area (Å²) in [5.41, 5.74) is -2.15. The van der Waals surface area contributed by atoms with Crippen LogP contribution in [0.5, 0.6) is 0 Å². The maximum atomic E-state index is 12.5. The van der Waals surface area contributed by atoms with Gasteiger partial charge in [-0.25, -0.2) is 9.59 Å². The molecular formula is C20H29N3O10. The topological polar surface area (TPSA) is 175 Å². The van der Waals surface area contributed by atoms with Gasteiger partial charge in [-0.15, -0.1) is 0 Å². The van der Waals surface area contributed by atoms with E-state index < -0.39 is 72.1 Å². The zero-order valence-corrected chi connectivity index (χ0v) is 19.2. The summed E-state index contributed by atoms with van der Waals surface area (Å²) in [6.07, 6.45) is -4.93. The Morgan fingerprint density at radius 1 is 1.18 bits per heavy atom. The molecule has 184 valence electrons. The molecule has 33 heavy (non-hydrogen) atoms. The van der Waals surface area contributed by atoms with Crippen LogP contribution in [0.25, 0.3) is 0 Å². The zero-order valence-electron chi connectivity index (χ0n) is 19.2. The molecule has 1 fully saturated rings. The third kappa shape index (κ3) is 6.65. The lowest BCUT2D eigenvalue weighted by molar-refractivity contribution is -0.165. The highest BCUT2D eigenvalue weighted by atomic mass is 16.6. The number of nitrogens with one attached hydrogen (secondary N) is 2. The SMILES string of the molecule is CC(=O)O[C@H]1[C@@H](OC(C)=O)[C@H](n2cc(C)c(=O)[nH]c2=O)O[C@@H]1[C@@H](CO)NC(=O)OC(C)(C)C. The predicted molar refractivity (Wildman–Crippen MR) is 111 cm³/mol. The molecule has 1 aromatic rings. The van der Waals surface area contributed by atoms with E-state index in [1.54, 1.807) is 20.8 Å². The van der Waals surface area contributed by atoms with Gasteiger partial charge in [-0.05, 0) is 27.7 Å². The number of carbonyl (C=O) groups excluding carboxylic acids is 3. The first-order chi connectivity index (χ1) is 15.2. The number of aromatic nitrogens is 2. The quantitative estimate of drug-likeness (QED) is 0.362. The van der Waals surface area contributed by atoms with Crippen LogP contribution in [0.2, 0.25) is 0 Å². The second-order valence-corrected chi connectivity index (χ2v) is 8.55. The molecule has 1 saturated heterocycles. The molecule has 3 N–H and O–H groups in total. The number of amides is 1. The summed E-state index contributed by atoms with van der Waals surface area (Å²) in [6.45, 7) is 7.94. The lowest BCUT2D eigenvalue weighted by atomic mass is 10.0. The van der Waals surface area contributed by atoms with E-state index in [1.165, 1.54) is 13.1 Å². The summed E-state index contributed by atoms with van der Waals surface area (Å²) in [5.74, 6) is -1.52. The van der Waals surface area contributed by atoms with Gasteiger partial charge in [-0.3, -0.25) is 23.9 Å². The van der Waals surface area contributed by atoms with Crippen molar-refractivity contribution in [2.24, 2.45) is 0 Å². The molecule has 0 aromatic carbocycles. The van der Waals surface area contributed by atoms with Crippen LogP contribution >= 0.6 is 0 Å². The van der Waals surface area contributed by atoms with Gasteiger partial charge in [0.25, 0.3) is 5.56 Å². The maximum absolute atomic E-state index is 12.5. The molecule has 1 aromatic heterocycles. The van der Waals surface area contributed by atoms with Gasteiger partial charge in [-0.2, -0.15) is 0 Å². The molecule has 1 amide bonds. The van der Waals surface area contributed by atoms with E-state index in [0.29, 0.717) is 0 Å². The Balaban J connectivity index is 2.50. The lowest BCUT2D eigenvalue weighted by Gasteiger charge is -2.28. The number of alkyl carbamates (subject to hydrolysis) is 1. The lowest BCUT2D eigenvalue weighted by Crippen LogP contribution is -2.53. The van der Waals surface area contributed by atoms with Crippen LogP contribution in [0.3, 0.4) is 0 Å². The molecule has 1 aliphatic heterocycles. The molecule has 0 spiro atoms. The first kappa shape index (κ1) is 26.1. The van der Waals surface area contributed by atoms with E-state index in [9.17, 15) is 29.1 Å². The number of ether oxygens (including phenoxy) is 4. The molecule has 0 unspecified atom stereocenters. The second-order valence-electron chi connectivity index (χ2n) is 8.55. The average molecular weight is 471 g/mol. The number of esters is 2. The van der Waals surface area contributed by atoms with Crippen LogP contribution < -0.4 is 16.6 Å². The molecule has 0 saturated carbocycles. The Kier molecular flexibility index (Phi) is 8.03. The monoisotopic (exact) mass is 471 g/mol. The van der Waals surface area contributed by atoms with Crippen molar-refractivity contribution in [2.75, 3.05) is 6.61 Å². The Hall–Kier alpha value is -3.19. The third-order valence-electron chi connectivity index (χ3n) is 4.54. The number of nitrogens with zero attached hydrogens (tertiary/aromatic N) is 1. The number of aromatic amines is 1. The van der Waals surface area contributed by atoms with Gasteiger partial charge in [0.15, 0.2) is 18.4 Å². The number of aliphatic hydroxyl groups is 1. The Bertz CT molecular complexity index is 1010. The van der Waals surface area contributed by atoms with Crippen molar-refractivity contribution >= 4 is 18.0 Å². The first-order valence-electron chi connectivity index (χ1n) is 10.2. The number of rotatable bonds is 6. The molecule has 5 atom stereocenters. The van der Waals surface area contributed by atoms with Gasteiger partial charge in [-0.1, -0.05) is 0 Å². The molecule has 0 bridgehead atoms. The van der Waals surface area contributed by atoms with E-state index in [0.717, 1.165) is 18.4 Å². The van der Waals surface area contributed by atoms with E-state index in [-0.39, 0.29) is 5.56 Å². The maximum Gasteiger partial charge on any atom is 0.408 e. The van der Waals surface area contributed by atoms with Gasteiger partial charge in [0, 0.05) is 25.6 Å². The van der Waals surface area contributed by atoms with Crippen LogP contribution in [0.15, 0.2) is 15.8 Å². The summed E-state index contributed by atoms with van der Waals surface area (Å²) in [4.78, 5) is 62.2. The fourth-order valence-electron chi connectivity index (χ4n) is 3.32. The standard InChI is InChI=1S/C20H29N3O10/c1-9-7-23(18(28)22-16(9)27)17-15(31-11(3)26)14(30-10(2)25)13(32-17)12(8-24)21-19(29)33-20(4,5)6/h7,12-15,17,24H,8H2,1-6H3,(H,21,29)(H,22,27,28)/t12-,13-,14-,15-,17-/m1/s1. The molecule has 13 nitrogen and oxygen atoms in total. The number of hydrogen-bond acceptors (Lipinski definition) is 10. The summed E-state index contributed by atoms with van der Waals surface area (Å²) in [7, 11) is 0. The highest BCUT2D eigenvalue weighted by Gasteiger charge is 2.53. The van der Waals surface area contributed by atoms with E-state index in [1.807, 2.05) is 0 Å². The molecule has 1 aliphatic rings. The molecule has 2 rings (SSSR count). The van der Waals surface area contributed by atoms with Gasteiger partial charge >= 0.3 is 23.7 Å². The molecule has 0 aliphatic carbocycles. The Labute approximate surface area is 189 Å². The van der Waals surface area contributed by atoms with E-state index >= 15 is 0 Å². The molecular weight excluding hydrogens is 442 g/mol. The van der Waals surface area contributed by atoms with Crippen LogP contribution in [0.4, 0.5) is 4.79 Å². The van der Waals surface area contributed by atoms with Crippen LogP contribution in [-0.2, 0) is 28.5 Å². The van der Waals surface area contributed by atoms with Crippen LogP contribution in [0.1, 0.15) is 46.4 Å². The van der Waals surface area contributed by atoms with E-state index in [2.05, 4.69) is 10.3 Å². The van der Waals surface area contributed by atoms with Crippen LogP contribution in [-0.4, -0.2) is 69.3 Å². The summed E-state index contributed by atoms with van der Waals surface area (Å²) in [5, 5.41) is 12.4. The van der Waals surface area contributed by atoms with Crippen molar-refractivity contribution < 1.29 is 38.4 Å². The smallest absolute Gasteiger partial charge is 0.408 e. The predicted octanol–water partition coefficient (Wildman–Crippen LogP) is -0.509. The van der Waals surface area contributed by atoms with Crippen molar-refractivity contribution in [3.05, 3.63) is 32.6 Å². The number of carbonyl (C=O) groups is 3. The first-order valence-corrected chi connectivity index (χ1v) is 10.2. The second kappa shape index (κ2) is 10.2. The fourth-order valence-corrected chi connectivity index (χ4v) is 3.32.